The molecule has 0 radical (unpaired) electrons. The molecule has 7 nitrogen and oxygen atoms in total. The molecule has 0 aliphatic rings. The van der Waals surface area contributed by atoms with Crippen LogP contribution in [0.3, 0.4) is 0 Å². The molecule has 1 heterocycles. The Morgan fingerprint density at radius 2 is 1.86 bits per heavy atom. The maximum atomic E-state index is 12.4. The Hall–Kier alpha value is -2.67. The third-order valence-electron chi connectivity index (χ3n) is 2.52. The minimum atomic E-state index is -1.19. The molecular formula is C13H10ClN3O4. The number of nitrogens with zero attached hydrogens (tertiary/aromatic N) is 3. The van der Waals surface area contributed by atoms with Crippen LogP contribution >= 0.6 is 11.6 Å². The summed E-state index contributed by atoms with van der Waals surface area (Å²) in [7, 11) is 0. The summed E-state index contributed by atoms with van der Waals surface area (Å²) in [6, 6.07) is 5.55. The highest BCUT2D eigenvalue weighted by atomic mass is 35.5. The molecule has 1 aromatic carbocycles. The fourth-order valence-corrected chi connectivity index (χ4v) is 1.78. The number of hydrogen-bond donors (Lipinski definition) is 2. The number of halogens is 1. The molecular weight excluding hydrogens is 298 g/mol. The van der Waals surface area contributed by atoms with Gasteiger partial charge in [0.25, 0.3) is 5.91 Å². The van der Waals surface area contributed by atoms with Crippen molar-refractivity contribution in [2.45, 2.75) is 0 Å². The summed E-state index contributed by atoms with van der Waals surface area (Å²) in [6.07, 6.45) is 2.46. The third kappa shape index (κ3) is 3.67. The van der Waals surface area contributed by atoms with E-state index in [-0.39, 0.29) is 16.6 Å². The van der Waals surface area contributed by atoms with E-state index in [9.17, 15) is 14.7 Å². The van der Waals surface area contributed by atoms with Crippen LogP contribution in [0.25, 0.3) is 0 Å². The van der Waals surface area contributed by atoms with Crippen molar-refractivity contribution in [1.29, 1.82) is 0 Å². The molecule has 0 aliphatic heterocycles. The molecule has 0 bridgehead atoms. The minimum absolute atomic E-state index is 0.00372. The summed E-state index contributed by atoms with van der Waals surface area (Å²) in [5.41, 5.74) is 0.235. The minimum Gasteiger partial charge on any atom is -0.508 e. The predicted molar refractivity (Wildman–Crippen MR) is 74.5 cm³/mol. The second kappa shape index (κ2) is 6.19. The standard InChI is InChI=1S/C13H10ClN3O4/c14-11-6-15-5-10(16-11)13(21)17(7-12(19)20)8-1-3-9(18)4-2-8/h1-6,18H,7H2,(H,19,20). The van der Waals surface area contributed by atoms with Crippen molar-refractivity contribution in [2.24, 2.45) is 0 Å². The lowest BCUT2D eigenvalue weighted by atomic mass is 10.2. The Morgan fingerprint density at radius 3 is 2.43 bits per heavy atom. The van der Waals surface area contributed by atoms with Crippen LogP contribution in [0.15, 0.2) is 36.7 Å². The summed E-state index contributed by atoms with van der Waals surface area (Å²) in [5, 5.41) is 18.2. The number of aromatic hydroxyl groups is 1. The molecule has 1 aromatic heterocycles. The van der Waals surface area contributed by atoms with Gasteiger partial charge in [0, 0.05) is 5.69 Å². The molecule has 0 saturated heterocycles. The van der Waals surface area contributed by atoms with E-state index < -0.39 is 18.4 Å². The molecule has 0 spiro atoms. The van der Waals surface area contributed by atoms with Crippen molar-refractivity contribution in [3.8, 4) is 5.75 Å². The number of carbonyl (C=O) groups excluding carboxylic acids is 1. The van der Waals surface area contributed by atoms with Crippen LogP contribution in [0.5, 0.6) is 5.75 Å². The normalized spacial score (nSPS) is 10.1. The van der Waals surface area contributed by atoms with E-state index in [0.29, 0.717) is 5.69 Å². The Balaban J connectivity index is 2.38. The number of rotatable bonds is 4. The summed E-state index contributed by atoms with van der Waals surface area (Å²) >= 11 is 5.67. The van der Waals surface area contributed by atoms with Gasteiger partial charge in [0.2, 0.25) is 0 Å². The number of amides is 1. The maximum Gasteiger partial charge on any atom is 0.323 e. The molecule has 21 heavy (non-hydrogen) atoms. The highest BCUT2D eigenvalue weighted by Gasteiger charge is 2.22. The van der Waals surface area contributed by atoms with Gasteiger partial charge >= 0.3 is 5.97 Å². The average Bonchev–Trinajstić information content (AvgIpc) is 2.45. The van der Waals surface area contributed by atoms with Crippen LogP contribution in [0, 0.1) is 0 Å². The quantitative estimate of drug-likeness (QED) is 0.888. The van der Waals surface area contributed by atoms with Crippen molar-refractivity contribution in [3.05, 3.63) is 47.5 Å². The van der Waals surface area contributed by atoms with E-state index in [0.717, 1.165) is 4.90 Å². The van der Waals surface area contributed by atoms with Crippen LogP contribution < -0.4 is 4.90 Å². The molecule has 0 saturated carbocycles. The van der Waals surface area contributed by atoms with E-state index in [2.05, 4.69) is 9.97 Å². The third-order valence-corrected chi connectivity index (χ3v) is 2.71. The number of carboxylic acid groups (broad SMARTS) is 1. The highest BCUT2D eigenvalue weighted by molar-refractivity contribution is 6.29. The molecule has 0 fully saturated rings. The zero-order valence-electron chi connectivity index (χ0n) is 10.6. The lowest BCUT2D eigenvalue weighted by Crippen LogP contribution is -2.36. The molecule has 108 valence electrons. The summed E-state index contributed by atoms with van der Waals surface area (Å²) in [5.74, 6) is -1.84. The highest BCUT2D eigenvalue weighted by Crippen LogP contribution is 2.20. The van der Waals surface area contributed by atoms with Crippen molar-refractivity contribution >= 4 is 29.2 Å². The van der Waals surface area contributed by atoms with E-state index >= 15 is 0 Å². The Labute approximate surface area is 124 Å². The van der Waals surface area contributed by atoms with Crippen LogP contribution in [0.2, 0.25) is 5.15 Å². The number of phenols is 1. The van der Waals surface area contributed by atoms with Crippen molar-refractivity contribution in [1.82, 2.24) is 9.97 Å². The van der Waals surface area contributed by atoms with E-state index in [4.69, 9.17) is 16.7 Å². The van der Waals surface area contributed by atoms with Crippen LogP contribution in [0.4, 0.5) is 5.69 Å². The number of carbonyl (C=O) groups is 2. The number of hydrogen-bond acceptors (Lipinski definition) is 5. The lowest BCUT2D eigenvalue weighted by Gasteiger charge is -2.20. The topological polar surface area (TPSA) is 104 Å². The summed E-state index contributed by atoms with van der Waals surface area (Å²) < 4.78 is 0. The average molecular weight is 308 g/mol. The monoisotopic (exact) mass is 307 g/mol. The number of phenolic OH excluding ortho intramolecular Hbond substituents is 1. The first-order chi connectivity index (χ1) is 9.97. The summed E-state index contributed by atoms with van der Waals surface area (Å²) in [6.45, 7) is -0.558. The number of carboxylic acids is 1. The lowest BCUT2D eigenvalue weighted by molar-refractivity contribution is -0.135. The Morgan fingerprint density at radius 1 is 1.19 bits per heavy atom. The summed E-state index contributed by atoms with van der Waals surface area (Å²) in [4.78, 5) is 31.9. The smallest absolute Gasteiger partial charge is 0.323 e. The van der Waals surface area contributed by atoms with Crippen molar-refractivity contribution < 1.29 is 19.8 Å². The van der Waals surface area contributed by atoms with Gasteiger partial charge in [-0.15, -0.1) is 0 Å². The van der Waals surface area contributed by atoms with E-state index in [1.165, 1.54) is 36.7 Å². The van der Waals surface area contributed by atoms with Gasteiger partial charge in [-0.3, -0.25) is 19.5 Å². The number of aliphatic carboxylic acids is 1. The zero-order valence-corrected chi connectivity index (χ0v) is 11.4. The molecule has 2 rings (SSSR count). The van der Waals surface area contributed by atoms with Crippen LogP contribution in [-0.4, -0.2) is 38.6 Å². The predicted octanol–water partition coefficient (Wildman–Crippen LogP) is 1.57. The number of benzene rings is 1. The van der Waals surface area contributed by atoms with Gasteiger partial charge in [-0.25, -0.2) is 4.98 Å². The van der Waals surface area contributed by atoms with E-state index in [1.807, 2.05) is 0 Å². The largest absolute Gasteiger partial charge is 0.508 e. The number of aromatic nitrogens is 2. The molecule has 2 N–H and O–H groups in total. The van der Waals surface area contributed by atoms with Gasteiger partial charge < -0.3 is 10.2 Å². The van der Waals surface area contributed by atoms with E-state index in [1.54, 1.807) is 0 Å². The van der Waals surface area contributed by atoms with Crippen LogP contribution in [-0.2, 0) is 4.79 Å². The van der Waals surface area contributed by atoms with Gasteiger partial charge in [0.05, 0.1) is 12.4 Å². The van der Waals surface area contributed by atoms with Gasteiger partial charge in [-0.2, -0.15) is 0 Å². The fraction of sp³-hybridized carbons (Fsp3) is 0.0769. The van der Waals surface area contributed by atoms with Gasteiger partial charge in [-0.05, 0) is 24.3 Å². The Bertz CT molecular complexity index is 675. The molecule has 2 aromatic rings. The molecule has 0 atom stereocenters. The molecule has 0 aliphatic carbocycles. The van der Waals surface area contributed by atoms with Crippen molar-refractivity contribution in [3.63, 3.8) is 0 Å². The van der Waals surface area contributed by atoms with Crippen molar-refractivity contribution in [2.75, 3.05) is 11.4 Å². The first-order valence-corrected chi connectivity index (χ1v) is 6.15. The van der Waals surface area contributed by atoms with Gasteiger partial charge in [-0.1, -0.05) is 11.6 Å². The first kappa shape index (κ1) is 14.7. The first-order valence-electron chi connectivity index (χ1n) is 5.77. The Kier molecular flexibility index (Phi) is 4.34. The maximum absolute atomic E-state index is 12.4. The second-order valence-electron chi connectivity index (χ2n) is 4.03. The van der Waals surface area contributed by atoms with Crippen LogP contribution in [0.1, 0.15) is 10.5 Å². The molecule has 0 unspecified atom stereocenters. The SMILES string of the molecule is O=C(O)CN(C(=O)c1cncc(Cl)n1)c1ccc(O)cc1. The fourth-order valence-electron chi connectivity index (χ4n) is 1.63. The molecule has 1 amide bonds. The zero-order chi connectivity index (χ0) is 15.4. The van der Waals surface area contributed by atoms with Gasteiger partial charge in [0.1, 0.15) is 23.1 Å². The molecule has 8 heteroatoms. The van der Waals surface area contributed by atoms with Gasteiger partial charge in [0.15, 0.2) is 0 Å². The number of anilines is 1. The second-order valence-corrected chi connectivity index (χ2v) is 4.42.